The number of benzene rings is 2. The Kier molecular flexibility index (Phi) is 4.47. The number of rotatable bonds is 4. The van der Waals surface area contributed by atoms with Gasteiger partial charge in [0.1, 0.15) is 0 Å². The summed E-state index contributed by atoms with van der Waals surface area (Å²) in [6, 6.07) is 13.4. The Morgan fingerprint density at radius 1 is 1.15 bits per heavy atom. The lowest BCUT2D eigenvalue weighted by atomic mass is 10.1. The molecule has 0 N–H and O–H groups in total. The molecule has 0 spiro atoms. The van der Waals surface area contributed by atoms with Crippen molar-refractivity contribution in [2.45, 2.75) is 6.92 Å². The first-order valence-electron chi connectivity index (χ1n) is 5.78. The molecule has 0 aliphatic carbocycles. The fourth-order valence-electron chi connectivity index (χ4n) is 1.49. The van der Waals surface area contributed by atoms with E-state index in [0.29, 0.717) is 5.75 Å². The molecule has 6 heteroatoms. The molecule has 0 fully saturated rings. The fourth-order valence-corrected chi connectivity index (χ4v) is 1.76. The van der Waals surface area contributed by atoms with E-state index in [1.165, 1.54) is 24.3 Å². The summed E-state index contributed by atoms with van der Waals surface area (Å²) in [6.45, 7) is 1.83. The lowest BCUT2D eigenvalue weighted by molar-refractivity contribution is -0.384. The highest BCUT2D eigenvalue weighted by atomic mass is 79.9. The molecule has 20 heavy (non-hydrogen) atoms. The normalized spacial score (nSPS) is 11.2. The van der Waals surface area contributed by atoms with Crippen LogP contribution in [0.5, 0.6) is 5.75 Å². The van der Waals surface area contributed by atoms with Crippen molar-refractivity contribution in [3.8, 4) is 5.75 Å². The molecule has 0 unspecified atom stereocenters. The number of nitro benzene ring substituents is 1. The molecule has 0 heterocycles. The van der Waals surface area contributed by atoms with E-state index in [2.05, 4.69) is 21.1 Å². The first kappa shape index (κ1) is 14.2. The summed E-state index contributed by atoms with van der Waals surface area (Å²) in [6.07, 6.45) is 0. The van der Waals surface area contributed by atoms with E-state index >= 15 is 0 Å². The molecule has 0 saturated heterocycles. The van der Waals surface area contributed by atoms with Gasteiger partial charge in [-0.2, -0.15) is 0 Å². The van der Waals surface area contributed by atoms with Gasteiger partial charge < -0.3 is 4.84 Å². The van der Waals surface area contributed by atoms with Crippen LogP contribution in [0.25, 0.3) is 0 Å². The first-order chi connectivity index (χ1) is 9.56. The lowest BCUT2D eigenvalue weighted by Gasteiger charge is -2.02. The summed E-state index contributed by atoms with van der Waals surface area (Å²) in [4.78, 5) is 15.3. The van der Waals surface area contributed by atoms with Gasteiger partial charge in [0.05, 0.1) is 10.6 Å². The molecule has 0 aliphatic heterocycles. The van der Waals surface area contributed by atoms with Gasteiger partial charge in [-0.05, 0) is 36.8 Å². The molecule has 0 aromatic heterocycles. The van der Waals surface area contributed by atoms with Crippen LogP contribution in [0.4, 0.5) is 5.69 Å². The van der Waals surface area contributed by atoms with Crippen molar-refractivity contribution < 1.29 is 9.76 Å². The average Bonchev–Trinajstić information content (AvgIpc) is 2.46. The molecule has 0 atom stereocenters. The van der Waals surface area contributed by atoms with Gasteiger partial charge in [0, 0.05) is 16.6 Å². The van der Waals surface area contributed by atoms with Gasteiger partial charge in [-0.25, -0.2) is 0 Å². The number of oxime groups is 1. The number of nitro groups is 1. The predicted octanol–water partition coefficient (Wildman–Crippen LogP) is 4.16. The number of nitrogens with zero attached hydrogens (tertiary/aromatic N) is 2. The van der Waals surface area contributed by atoms with Crippen LogP contribution in [0, 0.1) is 10.1 Å². The molecule has 0 bridgehead atoms. The maximum absolute atomic E-state index is 10.5. The van der Waals surface area contributed by atoms with Crippen LogP contribution < -0.4 is 4.84 Å². The summed E-state index contributed by atoms with van der Waals surface area (Å²) >= 11 is 3.36. The van der Waals surface area contributed by atoms with E-state index in [9.17, 15) is 10.1 Å². The van der Waals surface area contributed by atoms with E-state index in [1.807, 2.05) is 31.2 Å². The minimum Gasteiger partial charge on any atom is -0.357 e. The van der Waals surface area contributed by atoms with Gasteiger partial charge >= 0.3 is 0 Å². The van der Waals surface area contributed by atoms with Crippen LogP contribution >= 0.6 is 15.9 Å². The monoisotopic (exact) mass is 334 g/mol. The van der Waals surface area contributed by atoms with Crippen LogP contribution in [-0.2, 0) is 0 Å². The van der Waals surface area contributed by atoms with E-state index < -0.39 is 4.92 Å². The minimum atomic E-state index is -0.458. The van der Waals surface area contributed by atoms with E-state index in [0.717, 1.165) is 15.7 Å². The van der Waals surface area contributed by atoms with Gasteiger partial charge in [0.25, 0.3) is 5.69 Å². The molecule has 2 rings (SSSR count). The zero-order valence-electron chi connectivity index (χ0n) is 10.6. The van der Waals surface area contributed by atoms with Crippen molar-refractivity contribution in [1.82, 2.24) is 0 Å². The Bertz CT molecular complexity index is 636. The summed E-state index contributed by atoms with van der Waals surface area (Å²) in [7, 11) is 0. The van der Waals surface area contributed by atoms with Gasteiger partial charge in [-0.1, -0.05) is 33.2 Å². The topological polar surface area (TPSA) is 64.7 Å². The van der Waals surface area contributed by atoms with Crippen LogP contribution in [0.1, 0.15) is 12.5 Å². The Balaban J connectivity index is 2.08. The van der Waals surface area contributed by atoms with Crippen LogP contribution in [0.15, 0.2) is 58.2 Å². The van der Waals surface area contributed by atoms with Crippen molar-refractivity contribution in [1.29, 1.82) is 0 Å². The highest BCUT2D eigenvalue weighted by Gasteiger charge is 2.04. The van der Waals surface area contributed by atoms with Crippen molar-refractivity contribution in [2.24, 2.45) is 5.16 Å². The zero-order valence-corrected chi connectivity index (χ0v) is 12.2. The lowest BCUT2D eigenvalue weighted by Crippen LogP contribution is -1.97. The van der Waals surface area contributed by atoms with E-state index in [-0.39, 0.29) is 5.69 Å². The summed E-state index contributed by atoms with van der Waals surface area (Å²) in [5, 5.41) is 14.5. The highest BCUT2D eigenvalue weighted by Crippen LogP contribution is 2.18. The highest BCUT2D eigenvalue weighted by molar-refractivity contribution is 9.10. The molecule has 2 aromatic carbocycles. The largest absolute Gasteiger partial charge is 0.357 e. The average molecular weight is 335 g/mol. The second-order valence-electron chi connectivity index (χ2n) is 4.03. The molecular formula is C14H11BrN2O3. The maximum atomic E-state index is 10.5. The Morgan fingerprint density at radius 3 is 2.30 bits per heavy atom. The predicted molar refractivity (Wildman–Crippen MR) is 80.1 cm³/mol. The van der Waals surface area contributed by atoms with Gasteiger partial charge in [-0.15, -0.1) is 0 Å². The fraction of sp³-hybridized carbons (Fsp3) is 0.0714. The molecule has 0 aliphatic rings. The Morgan fingerprint density at radius 2 is 1.75 bits per heavy atom. The molecule has 0 amide bonds. The number of hydrogen-bond acceptors (Lipinski definition) is 4. The number of halogens is 1. The quantitative estimate of drug-likeness (QED) is 0.479. The van der Waals surface area contributed by atoms with Crippen LogP contribution in [0.3, 0.4) is 0 Å². The number of non-ortho nitro benzene ring substituents is 1. The third-order valence-corrected chi connectivity index (χ3v) is 3.13. The number of hydrogen-bond donors (Lipinski definition) is 0. The standard InChI is InChI=1S/C14H11BrN2O3/c1-10(11-2-4-12(15)5-3-11)16-20-14-8-6-13(7-9-14)17(18)19/h2-9H,1H3/b16-10+. The summed E-state index contributed by atoms with van der Waals surface area (Å²) in [5.74, 6) is 0.451. The van der Waals surface area contributed by atoms with Gasteiger partial charge in [0.2, 0.25) is 0 Å². The summed E-state index contributed by atoms with van der Waals surface area (Å²) in [5.41, 5.74) is 1.68. The van der Waals surface area contributed by atoms with Crippen molar-refractivity contribution in [3.63, 3.8) is 0 Å². The molecular weight excluding hydrogens is 324 g/mol. The van der Waals surface area contributed by atoms with E-state index in [4.69, 9.17) is 4.84 Å². The molecule has 0 saturated carbocycles. The summed E-state index contributed by atoms with van der Waals surface area (Å²) < 4.78 is 0.991. The van der Waals surface area contributed by atoms with Crippen LogP contribution in [-0.4, -0.2) is 10.6 Å². The Labute approximate surface area is 124 Å². The first-order valence-corrected chi connectivity index (χ1v) is 6.57. The second-order valence-corrected chi connectivity index (χ2v) is 4.94. The zero-order chi connectivity index (χ0) is 14.5. The van der Waals surface area contributed by atoms with Crippen molar-refractivity contribution in [2.75, 3.05) is 0 Å². The van der Waals surface area contributed by atoms with Gasteiger partial charge in [0.15, 0.2) is 5.75 Å². The molecule has 102 valence electrons. The van der Waals surface area contributed by atoms with Crippen molar-refractivity contribution in [3.05, 3.63) is 68.7 Å². The third-order valence-electron chi connectivity index (χ3n) is 2.60. The molecule has 0 radical (unpaired) electrons. The molecule has 5 nitrogen and oxygen atoms in total. The van der Waals surface area contributed by atoms with Gasteiger partial charge in [-0.3, -0.25) is 10.1 Å². The minimum absolute atomic E-state index is 0.0194. The van der Waals surface area contributed by atoms with E-state index in [1.54, 1.807) is 0 Å². The van der Waals surface area contributed by atoms with Crippen molar-refractivity contribution >= 4 is 27.3 Å². The Hall–Kier alpha value is -2.21. The van der Waals surface area contributed by atoms with Crippen LogP contribution in [0.2, 0.25) is 0 Å². The second kappa shape index (κ2) is 6.29. The SMILES string of the molecule is C/C(=N\Oc1ccc([N+](=O)[O-])cc1)c1ccc(Br)cc1. The third kappa shape index (κ3) is 3.64. The molecule has 2 aromatic rings. The smallest absolute Gasteiger partial charge is 0.269 e. The maximum Gasteiger partial charge on any atom is 0.269 e.